The maximum absolute atomic E-state index is 11.8. The highest BCUT2D eigenvalue weighted by Gasteiger charge is 2.06. The van der Waals surface area contributed by atoms with E-state index in [2.05, 4.69) is 9.97 Å². The Balaban J connectivity index is 2.26. The molecule has 0 atom stereocenters. The van der Waals surface area contributed by atoms with Gasteiger partial charge in [-0.15, -0.1) is 0 Å². The molecule has 1 aromatic carbocycles. The van der Waals surface area contributed by atoms with E-state index < -0.39 is 5.97 Å². The van der Waals surface area contributed by atoms with E-state index >= 15 is 0 Å². The van der Waals surface area contributed by atoms with Gasteiger partial charge in [0.05, 0.1) is 0 Å². The molecule has 0 aliphatic heterocycles. The summed E-state index contributed by atoms with van der Waals surface area (Å²) in [7, 11) is 0. The second-order valence-corrected chi connectivity index (χ2v) is 4.35. The van der Waals surface area contributed by atoms with Crippen LogP contribution >= 0.6 is 0 Å². The number of H-pyrrole nitrogens is 1. The van der Waals surface area contributed by atoms with Crippen molar-refractivity contribution in [2.45, 2.75) is 19.8 Å². The van der Waals surface area contributed by atoms with Crippen molar-refractivity contribution in [2.75, 3.05) is 0 Å². The largest absolute Gasteiger partial charge is 0.481 e. The first-order valence-electron chi connectivity index (χ1n) is 5.93. The van der Waals surface area contributed by atoms with Crippen LogP contribution in [0.1, 0.15) is 17.5 Å². The van der Waals surface area contributed by atoms with Gasteiger partial charge in [-0.1, -0.05) is 29.8 Å². The summed E-state index contributed by atoms with van der Waals surface area (Å²) in [4.78, 5) is 29.1. The van der Waals surface area contributed by atoms with E-state index in [-0.39, 0.29) is 18.4 Å². The Morgan fingerprint density at radius 2 is 2.00 bits per heavy atom. The molecule has 0 radical (unpaired) electrons. The molecule has 0 bridgehead atoms. The van der Waals surface area contributed by atoms with Gasteiger partial charge in [0.2, 0.25) is 0 Å². The maximum Gasteiger partial charge on any atom is 0.303 e. The Hall–Kier alpha value is -2.43. The minimum Gasteiger partial charge on any atom is -0.481 e. The molecule has 0 fully saturated rings. The van der Waals surface area contributed by atoms with Crippen LogP contribution in [0.15, 0.2) is 35.3 Å². The van der Waals surface area contributed by atoms with E-state index in [9.17, 15) is 9.59 Å². The highest BCUT2D eigenvalue weighted by Crippen LogP contribution is 2.13. The molecular weight excluding hydrogens is 244 g/mol. The van der Waals surface area contributed by atoms with Crippen LogP contribution in [-0.2, 0) is 11.2 Å². The second kappa shape index (κ2) is 5.48. The van der Waals surface area contributed by atoms with Crippen LogP contribution in [0.4, 0.5) is 0 Å². The molecule has 2 rings (SSSR count). The zero-order chi connectivity index (χ0) is 13.8. The number of nitrogens with zero attached hydrogens (tertiary/aromatic N) is 1. The number of nitrogens with one attached hydrogen (secondary N) is 1. The number of rotatable bonds is 4. The summed E-state index contributed by atoms with van der Waals surface area (Å²) in [6.45, 7) is 1.98. The maximum atomic E-state index is 11.8. The third kappa shape index (κ3) is 3.28. The van der Waals surface area contributed by atoms with Crippen molar-refractivity contribution in [1.82, 2.24) is 9.97 Å². The Morgan fingerprint density at radius 3 is 2.58 bits per heavy atom. The molecule has 2 aromatic rings. The lowest BCUT2D eigenvalue weighted by Gasteiger charge is -2.03. The number of benzene rings is 1. The van der Waals surface area contributed by atoms with Crippen LogP contribution < -0.4 is 5.56 Å². The summed E-state index contributed by atoms with van der Waals surface area (Å²) in [5.74, 6) is -0.439. The van der Waals surface area contributed by atoms with Crippen molar-refractivity contribution < 1.29 is 9.90 Å². The van der Waals surface area contributed by atoms with E-state index in [1.165, 1.54) is 6.20 Å². The van der Waals surface area contributed by atoms with Crippen molar-refractivity contribution in [2.24, 2.45) is 0 Å². The normalized spacial score (nSPS) is 10.4. The lowest BCUT2D eigenvalue weighted by atomic mass is 10.1. The van der Waals surface area contributed by atoms with Gasteiger partial charge in [0, 0.05) is 23.7 Å². The van der Waals surface area contributed by atoms with Crippen LogP contribution in [0.5, 0.6) is 0 Å². The molecule has 5 nitrogen and oxygen atoms in total. The predicted molar refractivity (Wildman–Crippen MR) is 71.0 cm³/mol. The third-order valence-electron chi connectivity index (χ3n) is 2.81. The quantitative estimate of drug-likeness (QED) is 0.875. The van der Waals surface area contributed by atoms with Gasteiger partial charge in [-0.25, -0.2) is 4.98 Å². The number of aliphatic carboxylic acids is 1. The van der Waals surface area contributed by atoms with E-state index in [0.717, 1.165) is 11.1 Å². The predicted octanol–water partition coefficient (Wildman–Crippen LogP) is 1.76. The van der Waals surface area contributed by atoms with Gasteiger partial charge in [-0.2, -0.15) is 0 Å². The molecule has 0 amide bonds. The number of hydrogen-bond acceptors (Lipinski definition) is 3. The highest BCUT2D eigenvalue weighted by molar-refractivity contribution is 5.67. The zero-order valence-electron chi connectivity index (χ0n) is 10.5. The molecular formula is C14H14N2O3. The Labute approximate surface area is 110 Å². The molecule has 0 unspecified atom stereocenters. The molecule has 0 spiro atoms. The first-order valence-corrected chi connectivity index (χ1v) is 5.93. The van der Waals surface area contributed by atoms with Gasteiger partial charge in [0.25, 0.3) is 5.56 Å². The number of carboxylic acid groups (broad SMARTS) is 1. The fraction of sp³-hybridized carbons (Fsp3) is 0.214. The van der Waals surface area contributed by atoms with E-state index in [1.54, 1.807) is 0 Å². The monoisotopic (exact) mass is 258 g/mol. The Morgan fingerprint density at radius 1 is 1.32 bits per heavy atom. The lowest BCUT2D eigenvalue weighted by molar-refractivity contribution is -0.136. The summed E-state index contributed by atoms with van der Waals surface area (Å²) in [6, 6.07) is 7.64. The summed E-state index contributed by atoms with van der Waals surface area (Å²) in [5.41, 5.74) is 2.06. The van der Waals surface area contributed by atoms with Crippen LogP contribution in [0, 0.1) is 6.92 Å². The summed E-state index contributed by atoms with van der Waals surface area (Å²) < 4.78 is 0. The van der Waals surface area contributed by atoms with Gasteiger partial charge in [0.15, 0.2) is 0 Å². The zero-order valence-corrected chi connectivity index (χ0v) is 10.5. The highest BCUT2D eigenvalue weighted by atomic mass is 16.4. The van der Waals surface area contributed by atoms with Crippen molar-refractivity contribution in [3.63, 3.8) is 0 Å². The van der Waals surface area contributed by atoms with Crippen LogP contribution in [0.3, 0.4) is 0 Å². The molecule has 19 heavy (non-hydrogen) atoms. The number of aromatic amines is 1. The molecule has 2 N–H and O–H groups in total. The average molecular weight is 258 g/mol. The van der Waals surface area contributed by atoms with Gasteiger partial charge in [0.1, 0.15) is 5.82 Å². The standard InChI is InChI=1S/C14H14N2O3/c1-9-2-4-10(5-3-9)13-15-8-11(14(19)16-13)6-7-12(17)18/h2-5,8H,6-7H2,1H3,(H,17,18)(H,15,16,19). The Kier molecular flexibility index (Phi) is 3.75. The van der Waals surface area contributed by atoms with E-state index in [1.807, 2.05) is 31.2 Å². The summed E-state index contributed by atoms with van der Waals surface area (Å²) in [5, 5.41) is 8.59. The molecule has 0 saturated heterocycles. The van der Waals surface area contributed by atoms with Crippen LogP contribution in [-0.4, -0.2) is 21.0 Å². The topological polar surface area (TPSA) is 83.0 Å². The van der Waals surface area contributed by atoms with Crippen LogP contribution in [0.2, 0.25) is 0 Å². The molecule has 1 heterocycles. The minimum absolute atomic E-state index is 0.0748. The average Bonchev–Trinajstić information content (AvgIpc) is 2.38. The fourth-order valence-corrected chi connectivity index (χ4v) is 1.70. The molecule has 1 aromatic heterocycles. The molecule has 0 aliphatic carbocycles. The van der Waals surface area contributed by atoms with Crippen LogP contribution in [0.25, 0.3) is 11.4 Å². The number of carbonyl (C=O) groups is 1. The summed E-state index contributed by atoms with van der Waals surface area (Å²) >= 11 is 0. The smallest absolute Gasteiger partial charge is 0.303 e. The van der Waals surface area contributed by atoms with Crippen molar-refractivity contribution in [3.8, 4) is 11.4 Å². The molecule has 98 valence electrons. The molecule has 5 heteroatoms. The summed E-state index contributed by atoms with van der Waals surface area (Å²) in [6.07, 6.45) is 1.55. The second-order valence-electron chi connectivity index (χ2n) is 4.35. The number of aryl methyl sites for hydroxylation is 2. The number of aromatic nitrogens is 2. The minimum atomic E-state index is -0.929. The fourth-order valence-electron chi connectivity index (χ4n) is 1.70. The first-order chi connectivity index (χ1) is 9.06. The number of carboxylic acids is 1. The van der Waals surface area contributed by atoms with Gasteiger partial charge >= 0.3 is 5.97 Å². The van der Waals surface area contributed by atoms with E-state index in [0.29, 0.717) is 11.4 Å². The third-order valence-corrected chi connectivity index (χ3v) is 2.81. The van der Waals surface area contributed by atoms with Crippen molar-refractivity contribution in [3.05, 3.63) is 51.9 Å². The Bertz CT molecular complexity index is 644. The molecule has 0 saturated carbocycles. The SMILES string of the molecule is Cc1ccc(-c2ncc(CCC(=O)O)c(=O)[nH]2)cc1. The van der Waals surface area contributed by atoms with Gasteiger partial charge in [-0.05, 0) is 13.3 Å². The number of hydrogen-bond donors (Lipinski definition) is 2. The first kappa shape index (κ1) is 13.0. The van der Waals surface area contributed by atoms with Crippen molar-refractivity contribution in [1.29, 1.82) is 0 Å². The molecule has 0 aliphatic rings. The van der Waals surface area contributed by atoms with E-state index in [4.69, 9.17) is 5.11 Å². The van der Waals surface area contributed by atoms with Crippen molar-refractivity contribution >= 4 is 5.97 Å². The lowest BCUT2D eigenvalue weighted by Crippen LogP contribution is -2.15. The van der Waals surface area contributed by atoms with Gasteiger partial charge < -0.3 is 10.1 Å². The van der Waals surface area contributed by atoms with Gasteiger partial charge in [-0.3, -0.25) is 9.59 Å².